The maximum absolute atomic E-state index is 6.18. The molecule has 18 heavy (non-hydrogen) atoms. The molecular weight excluding hydrogens is 246 g/mol. The zero-order valence-electron chi connectivity index (χ0n) is 10.9. The van der Waals surface area contributed by atoms with Crippen molar-refractivity contribution in [1.82, 2.24) is 15.1 Å². The number of hydrogen-bond donors (Lipinski definition) is 1. The van der Waals surface area contributed by atoms with Gasteiger partial charge in [-0.25, -0.2) is 0 Å². The Labute approximate surface area is 113 Å². The Balaban J connectivity index is 2.03. The highest BCUT2D eigenvalue weighted by Gasteiger charge is 2.10. The first-order chi connectivity index (χ1) is 8.59. The summed E-state index contributed by atoms with van der Waals surface area (Å²) in [5, 5.41) is 8.51. The van der Waals surface area contributed by atoms with Gasteiger partial charge in [0.15, 0.2) is 0 Å². The molecule has 0 aliphatic heterocycles. The maximum Gasteiger partial charge on any atom is 0.0537 e. The summed E-state index contributed by atoms with van der Waals surface area (Å²) >= 11 is 6.18. The first kappa shape index (κ1) is 13.1. The largest absolute Gasteiger partial charge is 0.306 e. The van der Waals surface area contributed by atoms with Crippen LogP contribution in [0.1, 0.15) is 29.8 Å². The van der Waals surface area contributed by atoms with E-state index in [9.17, 15) is 0 Å². The molecule has 4 heteroatoms. The van der Waals surface area contributed by atoms with Crippen LogP contribution in [0.3, 0.4) is 0 Å². The molecule has 1 unspecified atom stereocenters. The van der Waals surface area contributed by atoms with Crippen molar-refractivity contribution in [2.45, 2.75) is 26.4 Å². The molecule has 0 fully saturated rings. The number of halogens is 1. The van der Waals surface area contributed by atoms with Crippen LogP contribution in [0.4, 0.5) is 0 Å². The molecule has 0 saturated heterocycles. The van der Waals surface area contributed by atoms with Gasteiger partial charge in [-0.05, 0) is 25.5 Å². The van der Waals surface area contributed by atoms with Gasteiger partial charge in [-0.2, -0.15) is 5.10 Å². The van der Waals surface area contributed by atoms with Crippen molar-refractivity contribution in [2.75, 3.05) is 0 Å². The summed E-state index contributed by atoms with van der Waals surface area (Å²) < 4.78 is 1.89. The minimum Gasteiger partial charge on any atom is -0.306 e. The average Bonchev–Trinajstić information content (AvgIpc) is 2.68. The lowest BCUT2D eigenvalue weighted by Gasteiger charge is -2.15. The molecule has 1 aromatic carbocycles. The van der Waals surface area contributed by atoms with Crippen LogP contribution in [0.2, 0.25) is 5.02 Å². The Morgan fingerprint density at radius 2 is 2.11 bits per heavy atom. The van der Waals surface area contributed by atoms with Gasteiger partial charge in [0, 0.05) is 35.9 Å². The van der Waals surface area contributed by atoms with E-state index in [-0.39, 0.29) is 6.04 Å². The molecule has 2 aromatic rings. The van der Waals surface area contributed by atoms with E-state index >= 15 is 0 Å². The molecule has 0 radical (unpaired) electrons. The van der Waals surface area contributed by atoms with Gasteiger partial charge in [0.2, 0.25) is 0 Å². The molecule has 96 valence electrons. The lowest BCUT2D eigenvalue weighted by atomic mass is 10.1. The molecule has 1 heterocycles. The highest BCUT2D eigenvalue weighted by atomic mass is 35.5. The fourth-order valence-electron chi connectivity index (χ4n) is 1.92. The third kappa shape index (κ3) is 2.74. The van der Waals surface area contributed by atoms with Crippen LogP contribution >= 0.6 is 11.6 Å². The molecule has 1 atom stereocenters. The van der Waals surface area contributed by atoms with Crippen molar-refractivity contribution >= 4 is 11.6 Å². The summed E-state index contributed by atoms with van der Waals surface area (Å²) in [6.45, 7) is 4.99. The van der Waals surface area contributed by atoms with E-state index in [4.69, 9.17) is 11.6 Å². The van der Waals surface area contributed by atoms with Gasteiger partial charge < -0.3 is 5.32 Å². The molecular formula is C14H18ClN3. The standard InChI is InChI=1S/C14H18ClN3/c1-10(13-6-4-5-7-14(13)15)16-8-12-9-17-18(3)11(12)2/h4-7,9-10,16H,8H2,1-3H3. The van der Waals surface area contributed by atoms with E-state index in [1.165, 1.54) is 11.3 Å². The van der Waals surface area contributed by atoms with Crippen molar-refractivity contribution < 1.29 is 0 Å². The minimum absolute atomic E-state index is 0.221. The topological polar surface area (TPSA) is 29.9 Å². The van der Waals surface area contributed by atoms with E-state index in [1.54, 1.807) is 0 Å². The summed E-state index contributed by atoms with van der Waals surface area (Å²) in [6.07, 6.45) is 1.90. The third-order valence-corrected chi connectivity index (χ3v) is 3.65. The number of benzene rings is 1. The van der Waals surface area contributed by atoms with E-state index in [1.807, 2.05) is 36.1 Å². The Morgan fingerprint density at radius 1 is 1.39 bits per heavy atom. The second-order valence-corrected chi connectivity index (χ2v) is 4.91. The van der Waals surface area contributed by atoms with Gasteiger partial charge in [0.1, 0.15) is 0 Å². The predicted octanol–water partition coefficient (Wildman–Crippen LogP) is 3.23. The number of hydrogen-bond acceptors (Lipinski definition) is 2. The molecule has 0 saturated carbocycles. The van der Waals surface area contributed by atoms with Crippen LogP contribution in [-0.2, 0) is 13.6 Å². The zero-order chi connectivity index (χ0) is 13.1. The predicted molar refractivity (Wildman–Crippen MR) is 74.7 cm³/mol. The summed E-state index contributed by atoms with van der Waals surface area (Å²) in [4.78, 5) is 0. The average molecular weight is 264 g/mol. The van der Waals surface area contributed by atoms with Gasteiger partial charge in [-0.1, -0.05) is 29.8 Å². The number of aromatic nitrogens is 2. The quantitative estimate of drug-likeness (QED) is 0.918. The third-order valence-electron chi connectivity index (χ3n) is 3.31. The van der Waals surface area contributed by atoms with Gasteiger partial charge in [0.05, 0.1) is 6.20 Å². The lowest BCUT2D eigenvalue weighted by Crippen LogP contribution is -2.18. The van der Waals surface area contributed by atoms with E-state index in [0.717, 1.165) is 17.1 Å². The maximum atomic E-state index is 6.18. The van der Waals surface area contributed by atoms with Crippen molar-refractivity contribution in [3.63, 3.8) is 0 Å². The monoisotopic (exact) mass is 263 g/mol. The summed E-state index contributed by atoms with van der Waals surface area (Å²) in [6, 6.07) is 8.15. The fourth-order valence-corrected chi connectivity index (χ4v) is 2.22. The minimum atomic E-state index is 0.221. The van der Waals surface area contributed by atoms with E-state index in [2.05, 4.69) is 30.3 Å². The molecule has 3 nitrogen and oxygen atoms in total. The highest BCUT2D eigenvalue weighted by molar-refractivity contribution is 6.31. The van der Waals surface area contributed by atoms with Crippen LogP contribution in [0.5, 0.6) is 0 Å². The number of nitrogens with one attached hydrogen (secondary N) is 1. The first-order valence-corrected chi connectivity index (χ1v) is 6.42. The molecule has 0 aliphatic carbocycles. The highest BCUT2D eigenvalue weighted by Crippen LogP contribution is 2.22. The van der Waals surface area contributed by atoms with Gasteiger partial charge >= 0.3 is 0 Å². The van der Waals surface area contributed by atoms with E-state index in [0.29, 0.717) is 0 Å². The summed E-state index contributed by atoms with van der Waals surface area (Å²) in [5.41, 5.74) is 3.53. The van der Waals surface area contributed by atoms with Crippen LogP contribution in [0.15, 0.2) is 30.5 Å². The van der Waals surface area contributed by atoms with Crippen molar-refractivity contribution in [3.8, 4) is 0 Å². The molecule has 1 aromatic heterocycles. The Bertz CT molecular complexity index is 534. The normalized spacial score (nSPS) is 12.7. The van der Waals surface area contributed by atoms with Gasteiger partial charge in [-0.15, -0.1) is 0 Å². The van der Waals surface area contributed by atoms with Crippen LogP contribution in [0.25, 0.3) is 0 Å². The Kier molecular flexibility index (Phi) is 4.04. The van der Waals surface area contributed by atoms with Crippen LogP contribution in [-0.4, -0.2) is 9.78 Å². The van der Waals surface area contributed by atoms with E-state index < -0.39 is 0 Å². The fraction of sp³-hybridized carbons (Fsp3) is 0.357. The number of rotatable bonds is 4. The number of aryl methyl sites for hydroxylation is 1. The van der Waals surface area contributed by atoms with Crippen LogP contribution in [0, 0.1) is 6.92 Å². The SMILES string of the molecule is Cc1c(CNC(C)c2ccccc2Cl)cnn1C. The molecule has 0 amide bonds. The van der Waals surface area contributed by atoms with Crippen LogP contribution < -0.4 is 5.32 Å². The molecule has 2 rings (SSSR count). The van der Waals surface area contributed by atoms with Gasteiger partial charge in [0.25, 0.3) is 0 Å². The zero-order valence-corrected chi connectivity index (χ0v) is 11.7. The Morgan fingerprint density at radius 3 is 2.72 bits per heavy atom. The summed E-state index contributed by atoms with van der Waals surface area (Å²) in [5.74, 6) is 0. The second kappa shape index (κ2) is 5.55. The lowest BCUT2D eigenvalue weighted by molar-refractivity contribution is 0.572. The molecule has 0 aliphatic rings. The van der Waals surface area contributed by atoms with Crippen molar-refractivity contribution in [3.05, 3.63) is 52.3 Å². The van der Waals surface area contributed by atoms with Gasteiger partial charge in [-0.3, -0.25) is 4.68 Å². The van der Waals surface area contributed by atoms with Crippen molar-refractivity contribution in [1.29, 1.82) is 0 Å². The Hall–Kier alpha value is -1.32. The number of nitrogens with zero attached hydrogens (tertiary/aromatic N) is 2. The van der Waals surface area contributed by atoms with Crippen molar-refractivity contribution in [2.24, 2.45) is 7.05 Å². The second-order valence-electron chi connectivity index (χ2n) is 4.50. The first-order valence-electron chi connectivity index (χ1n) is 6.05. The molecule has 0 spiro atoms. The summed E-state index contributed by atoms with van der Waals surface area (Å²) in [7, 11) is 1.95. The smallest absolute Gasteiger partial charge is 0.0537 e. The molecule has 1 N–H and O–H groups in total. The molecule has 0 bridgehead atoms.